The summed E-state index contributed by atoms with van der Waals surface area (Å²) in [6.07, 6.45) is 0.0809. The SMILES string of the molecule is O=C(Cc1n[nH]c(=O)c2ccccc12)NCc1nc2ccccc2[nH]1. The van der Waals surface area contributed by atoms with Crippen LogP contribution in [0.3, 0.4) is 0 Å². The first-order valence-corrected chi connectivity index (χ1v) is 7.87. The van der Waals surface area contributed by atoms with Crippen molar-refractivity contribution in [2.75, 3.05) is 0 Å². The molecule has 7 nitrogen and oxygen atoms in total. The topological polar surface area (TPSA) is 104 Å². The van der Waals surface area contributed by atoms with E-state index in [0.717, 1.165) is 11.0 Å². The third-order valence-electron chi connectivity index (χ3n) is 3.99. The highest BCUT2D eigenvalue weighted by atomic mass is 16.1. The predicted molar refractivity (Wildman–Crippen MR) is 94.0 cm³/mol. The molecule has 0 aliphatic carbocycles. The number of aromatic nitrogens is 4. The lowest BCUT2D eigenvalue weighted by Gasteiger charge is -2.05. The summed E-state index contributed by atoms with van der Waals surface area (Å²) in [5.74, 6) is 0.499. The molecule has 2 heterocycles. The number of nitrogens with one attached hydrogen (secondary N) is 3. The molecule has 0 atom stereocenters. The lowest BCUT2D eigenvalue weighted by molar-refractivity contribution is -0.120. The van der Waals surface area contributed by atoms with Crippen LogP contribution in [0.4, 0.5) is 0 Å². The fourth-order valence-electron chi connectivity index (χ4n) is 2.79. The molecular weight excluding hydrogens is 318 g/mol. The highest BCUT2D eigenvalue weighted by Gasteiger charge is 2.11. The molecule has 0 fully saturated rings. The van der Waals surface area contributed by atoms with Gasteiger partial charge in [-0.3, -0.25) is 9.59 Å². The quantitative estimate of drug-likeness (QED) is 0.528. The number of carbonyl (C=O) groups excluding carboxylic acids is 1. The van der Waals surface area contributed by atoms with Gasteiger partial charge in [-0.05, 0) is 18.2 Å². The lowest BCUT2D eigenvalue weighted by Crippen LogP contribution is -2.26. The van der Waals surface area contributed by atoms with E-state index >= 15 is 0 Å². The highest BCUT2D eigenvalue weighted by molar-refractivity contribution is 5.88. The van der Waals surface area contributed by atoms with Gasteiger partial charge in [0.1, 0.15) is 5.82 Å². The smallest absolute Gasteiger partial charge is 0.272 e. The number of hydrogen-bond acceptors (Lipinski definition) is 4. The second kappa shape index (κ2) is 6.20. The molecule has 2 aromatic heterocycles. The van der Waals surface area contributed by atoms with Crippen molar-refractivity contribution in [2.24, 2.45) is 0 Å². The van der Waals surface area contributed by atoms with Gasteiger partial charge in [-0.15, -0.1) is 0 Å². The maximum absolute atomic E-state index is 12.2. The summed E-state index contributed by atoms with van der Waals surface area (Å²) in [5, 5.41) is 10.5. The molecule has 0 aliphatic heterocycles. The van der Waals surface area contributed by atoms with E-state index in [1.54, 1.807) is 18.2 Å². The maximum Gasteiger partial charge on any atom is 0.272 e. The monoisotopic (exact) mass is 333 g/mol. The summed E-state index contributed by atoms with van der Waals surface area (Å²) in [6.45, 7) is 0.300. The fraction of sp³-hybridized carbons (Fsp3) is 0.111. The van der Waals surface area contributed by atoms with Crippen molar-refractivity contribution in [2.45, 2.75) is 13.0 Å². The Morgan fingerprint density at radius 1 is 1.04 bits per heavy atom. The van der Waals surface area contributed by atoms with Gasteiger partial charge in [-0.25, -0.2) is 10.1 Å². The number of rotatable bonds is 4. The Morgan fingerprint density at radius 3 is 2.64 bits per heavy atom. The van der Waals surface area contributed by atoms with E-state index in [-0.39, 0.29) is 17.9 Å². The Hall–Kier alpha value is -3.48. The zero-order valence-corrected chi connectivity index (χ0v) is 13.2. The molecule has 0 aliphatic rings. The van der Waals surface area contributed by atoms with E-state index in [0.29, 0.717) is 28.8 Å². The minimum atomic E-state index is -0.262. The van der Waals surface area contributed by atoms with Crippen LogP contribution in [0.25, 0.3) is 21.8 Å². The Kier molecular flexibility index (Phi) is 3.74. The van der Waals surface area contributed by atoms with Gasteiger partial charge in [0.2, 0.25) is 5.91 Å². The van der Waals surface area contributed by atoms with E-state index in [9.17, 15) is 9.59 Å². The summed E-state index contributed by atoms with van der Waals surface area (Å²) in [6, 6.07) is 14.8. The number of carbonyl (C=O) groups is 1. The third-order valence-corrected chi connectivity index (χ3v) is 3.99. The van der Waals surface area contributed by atoms with Gasteiger partial charge in [0.15, 0.2) is 0 Å². The third kappa shape index (κ3) is 2.99. The first-order chi connectivity index (χ1) is 12.2. The summed E-state index contributed by atoms with van der Waals surface area (Å²) < 4.78 is 0. The van der Waals surface area contributed by atoms with Crippen LogP contribution in [-0.4, -0.2) is 26.1 Å². The van der Waals surface area contributed by atoms with Gasteiger partial charge in [0, 0.05) is 5.39 Å². The normalized spacial score (nSPS) is 11.0. The van der Waals surface area contributed by atoms with Gasteiger partial charge < -0.3 is 10.3 Å². The summed E-state index contributed by atoms with van der Waals surface area (Å²) in [4.78, 5) is 31.6. The van der Waals surface area contributed by atoms with Gasteiger partial charge in [0.05, 0.1) is 35.1 Å². The molecule has 0 saturated carbocycles. The molecule has 4 aromatic rings. The predicted octanol–water partition coefficient (Wildman–Crippen LogP) is 1.66. The van der Waals surface area contributed by atoms with Gasteiger partial charge in [-0.1, -0.05) is 30.3 Å². The molecular formula is C18H15N5O2. The van der Waals surface area contributed by atoms with Gasteiger partial charge >= 0.3 is 0 Å². The molecule has 3 N–H and O–H groups in total. The van der Waals surface area contributed by atoms with Crippen LogP contribution in [0.15, 0.2) is 53.3 Å². The number of nitrogens with zero attached hydrogens (tertiary/aromatic N) is 2. The van der Waals surface area contributed by atoms with E-state index in [1.165, 1.54) is 0 Å². The number of amides is 1. The van der Waals surface area contributed by atoms with Crippen LogP contribution < -0.4 is 10.9 Å². The number of hydrogen-bond donors (Lipinski definition) is 3. The molecule has 0 unspecified atom stereocenters. The number of imidazole rings is 1. The molecule has 0 radical (unpaired) electrons. The number of benzene rings is 2. The number of para-hydroxylation sites is 2. The van der Waals surface area contributed by atoms with Gasteiger partial charge in [-0.2, -0.15) is 5.10 Å². The molecule has 4 rings (SSSR count). The van der Waals surface area contributed by atoms with E-state index < -0.39 is 0 Å². The molecule has 7 heteroatoms. The second-order valence-electron chi connectivity index (χ2n) is 5.70. The number of H-pyrrole nitrogens is 2. The van der Waals surface area contributed by atoms with Crippen molar-refractivity contribution in [1.82, 2.24) is 25.5 Å². The van der Waals surface area contributed by atoms with Crippen LogP contribution in [0.1, 0.15) is 11.5 Å². The molecule has 0 saturated heterocycles. The Morgan fingerprint density at radius 2 is 1.80 bits per heavy atom. The highest BCUT2D eigenvalue weighted by Crippen LogP contribution is 2.13. The van der Waals surface area contributed by atoms with Crippen molar-refractivity contribution >= 4 is 27.7 Å². The second-order valence-corrected chi connectivity index (χ2v) is 5.70. The van der Waals surface area contributed by atoms with Crippen LogP contribution in [0, 0.1) is 0 Å². The number of aromatic amines is 2. The standard InChI is InChI=1S/C18H15N5O2/c24-17(19-10-16-20-13-7-3-4-8-14(13)21-16)9-15-11-5-1-2-6-12(11)18(25)23-22-15/h1-8H,9-10H2,(H,19,24)(H,20,21)(H,23,25). The average Bonchev–Trinajstić information content (AvgIpc) is 3.06. The average molecular weight is 333 g/mol. The first-order valence-electron chi connectivity index (χ1n) is 7.87. The lowest BCUT2D eigenvalue weighted by atomic mass is 10.1. The van der Waals surface area contributed by atoms with Gasteiger partial charge in [0.25, 0.3) is 5.56 Å². The van der Waals surface area contributed by atoms with E-state index in [2.05, 4.69) is 25.5 Å². The molecule has 25 heavy (non-hydrogen) atoms. The first kappa shape index (κ1) is 15.1. The number of fused-ring (bicyclic) bond motifs is 2. The Bertz CT molecular complexity index is 1100. The van der Waals surface area contributed by atoms with Crippen molar-refractivity contribution in [3.8, 4) is 0 Å². The summed E-state index contributed by atoms with van der Waals surface area (Å²) >= 11 is 0. The summed E-state index contributed by atoms with van der Waals surface area (Å²) in [7, 11) is 0. The van der Waals surface area contributed by atoms with Crippen LogP contribution in [0.2, 0.25) is 0 Å². The van der Waals surface area contributed by atoms with Crippen molar-refractivity contribution in [1.29, 1.82) is 0 Å². The molecule has 1 amide bonds. The zero-order chi connectivity index (χ0) is 17.2. The largest absolute Gasteiger partial charge is 0.349 e. The zero-order valence-electron chi connectivity index (χ0n) is 13.2. The summed E-state index contributed by atoms with van der Waals surface area (Å²) in [5.41, 5.74) is 2.07. The molecule has 0 bridgehead atoms. The van der Waals surface area contributed by atoms with E-state index in [1.807, 2.05) is 30.3 Å². The molecule has 2 aromatic carbocycles. The fourth-order valence-corrected chi connectivity index (χ4v) is 2.79. The minimum Gasteiger partial charge on any atom is -0.349 e. The Balaban J connectivity index is 1.49. The molecule has 0 spiro atoms. The van der Waals surface area contributed by atoms with Crippen molar-refractivity contribution < 1.29 is 4.79 Å². The maximum atomic E-state index is 12.2. The van der Waals surface area contributed by atoms with Crippen LogP contribution >= 0.6 is 0 Å². The minimum absolute atomic E-state index is 0.0809. The van der Waals surface area contributed by atoms with Crippen LogP contribution in [-0.2, 0) is 17.8 Å². The van der Waals surface area contributed by atoms with Crippen LogP contribution in [0.5, 0.6) is 0 Å². The molecule has 124 valence electrons. The van der Waals surface area contributed by atoms with Crippen molar-refractivity contribution in [3.63, 3.8) is 0 Å². The van der Waals surface area contributed by atoms with E-state index in [4.69, 9.17) is 0 Å². The Labute approximate surface area is 142 Å². The van der Waals surface area contributed by atoms with Crippen molar-refractivity contribution in [3.05, 3.63) is 70.4 Å².